The lowest BCUT2D eigenvalue weighted by atomic mass is 9.88. The summed E-state index contributed by atoms with van der Waals surface area (Å²) < 4.78 is 12.2. The van der Waals surface area contributed by atoms with Gasteiger partial charge in [0, 0.05) is 44.6 Å². The van der Waals surface area contributed by atoms with Crippen molar-refractivity contribution in [1.82, 2.24) is 14.9 Å². The van der Waals surface area contributed by atoms with Gasteiger partial charge in [-0.2, -0.15) is 0 Å². The van der Waals surface area contributed by atoms with Crippen LogP contribution in [0.4, 0.5) is 0 Å². The maximum absolute atomic E-state index is 6.20. The Kier molecular flexibility index (Phi) is 5.06. The molecule has 5 heteroatoms. The van der Waals surface area contributed by atoms with Crippen LogP contribution in [-0.4, -0.2) is 46.3 Å². The molecule has 5 nitrogen and oxygen atoms in total. The summed E-state index contributed by atoms with van der Waals surface area (Å²) in [5, 5.41) is 0. The average molecular weight is 339 g/mol. The van der Waals surface area contributed by atoms with Crippen molar-refractivity contribution in [1.29, 1.82) is 0 Å². The van der Waals surface area contributed by atoms with E-state index in [-0.39, 0.29) is 11.7 Å². The van der Waals surface area contributed by atoms with Gasteiger partial charge in [-0.25, -0.2) is 0 Å². The molecule has 132 valence electrons. The maximum atomic E-state index is 6.20. The highest BCUT2D eigenvalue weighted by Crippen LogP contribution is 2.37. The summed E-state index contributed by atoms with van der Waals surface area (Å²) >= 11 is 0. The van der Waals surface area contributed by atoms with Crippen molar-refractivity contribution in [3.8, 4) is 0 Å². The first-order chi connectivity index (χ1) is 12.3. The quantitative estimate of drug-likeness (QED) is 0.838. The highest BCUT2D eigenvalue weighted by atomic mass is 16.6. The largest absolute Gasteiger partial charge is 0.372 e. The first kappa shape index (κ1) is 16.6. The van der Waals surface area contributed by atoms with E-state index in [9.17, 15) is 0 Å². The van der Waals surface area contributed by atoms with Crippen molar-refractivity contribution < 1.29 is 9.47 Å². The second-order valence-corrected chi connectivity index (χ2v) is 7.08. The number of pyridine rings is 2. The van der Waals surface area contributed by atoms with Crippen LogP contribution < -0.4 is 0 Å². The molecule has 2 aliphatic rings. The minimum Gasteiger partial charge on any atom is -0.372 e. The summed E-state index contributed by atoms with van der Waals surface area (Å²) in [6.45, 7) is 4.43. The van der Waals surface area contributed by atoms with Crippen molar-refractivity contribution >= 4 is 0 Å². The van der Waals surface area contributed by atoms with E-state index in [4.69, 9.17) is 9.47 Å². The van der Waals surface area contributed by atoms with Crippen LogP contribution in [0, 0.1) is 0 Å². The Balaban J connectivity index is 1.24. The molecule has 4 heterocycles. The van der Waals surface area contributed by atoms with E-state index >= 15 is 0 Å². The van der Waals surface area contributed by atoms with Gasteiger partial charge in [0.1, 0.15) is 0 Å². The van der Waals surface area contributed by atoms with Crippen molar-refractivity contribution in [3.63, 3.8) is 0 Å². The van der Waals surface area contributed by atoms with E-state index in [2.05, 4.69) is 27.0 Å². The van der Waals surface area contributed by atoms with Gasteiger partial charge in [-0.15, -0.1) is 0 Å². The second kappa shape index (κ2) is 7.60. The SMILES string of the molecule is c1ccc(CO[C@@H]2COC3(CCN(Cc4ccncc4)CC3)C2)nc1. The number of ether oxygens (including phenoxy) is 2. The van der Waals surface area contributed by atoms with Gasteiger partial charge in [0.05, 0.1) is 30.6 Å². The predicted molar refractivity (Wildman–Crippen MR) is 94.9 cm³/mol. The summed E-state index contributed by atoms with van der Waals surface area (Å²) in [7, 11) is 0. The summed E-state index contributed by atoms with van der Waals surface area (Å²) in [5.41, 5.74) is 2.33. The highest BCUT2D eigenvalue weighted by molar-refractivity contribution is 5.10. The molecular formula is C20H25N3O2. The molecule has 0 radical (unpaired) electrons. The Bertz CT molecular complexity index is 657. The molecule has 2 aromatic heterocycles. The second-order valence-electron chi connectivity index (χ2n) is 7.08. The molecule has 2 aliphatic heterocycles. The monoisotopic (exact) mass is 339 g/mol. The van der Waals surface area contributed by atoms with Gasteiger partial charge in [-0.1, -0.05) is 6.07 Å². The first-order valence-electron chi connectivity index (χ1n) is 9.08. The third-order valence-corrected chi connectivity index (χ3v) is 5.29. The van der Waals surface area contributed by atoms with Crippen LogP contribution in [0.2, 0.25) is 0 Å². The fourth-order valence-corrected chi connectivity index (χ4v) is 3.81. The molecule has 2 saturated heterocycles. The Morgan fingerprint density at radius 3 is 2.72 bits per heavy atom. The highest BCUT2D eigenvalue weighted by Gasteiger charge is 2.43. The van der Waals surface area contributed by atoms with E-state index in [1.54, 1.807) is 0 Å². The number of hydrogen-bond donors (Lipinski definition) is 0. The van der Waals surface area contributed by atoms with Crippen LogP contribution in [0.5, 0.6) is 0 Å². The number of piperidine rings is 1. The summed E-state index contributed by atoms with van der Waals surface area (Å²) in [4.78, 5) is 10.9. The average Bonchev–Trinajstić information content (AvgIpc) is 3.07. The lowest BCUT2D eigenvalue weighted by Crippen LogP contribution is -2.43. The molecule has 25 heavy (non-hydrogen) atoms. The normalized spacial score (nSPS) is 23.1. The Morgan fingerprint density at radius 2 is 1.96 bits per heavy atom. The number of nitrogens with zero attached hydrogens (tertiary/aromatic N) is 3. The summed E-state index contributed by atoms with van der Waals surface area (Å²) in [6.07, 6.45) is 8.90. The minimum atomic E-state index is 0.0174. The minimum absolute atomic E-state index is 0.0174. The predicted octanol–water partition coefficient (Wildman–Crippen LogP) is 2.82. The Hall–Kier alpha value is -1.82. The Morgan fingerprint density at radius 1 is 1.12 bits per heavy atom. The zero-order valence-electron chi connectivity index (χ0n) is 14.5. The van der Waals surface area contributed by atoms with Gasteiger partial charge in [0.25, 0.3) is 0 Å². The van der Waals surface area contributed by atoms with Crippen molar-refractivity contribution in [2.24, 2.45) is 0 Å². The number of hydrogen-bond acceptors (Lipinski definition) is 5. The van der Waals surface area contributed by atoms with Crippen LogP contribution >= 0.6 is 0 Å². The molecule has 2 aromatic rings. The molecule has 0 saturated carbocycles. The standard InChI is InChI=1S/C20H25N3O2/c1-2-8-22-18(3-1)15-24-19-13-20(25-16-19)6-11-23(12-7-20)14-17-4-9-21-10-5-17/h1-5,8-10,19H,6-7,11-16H2/t19-/m0/s1. The van der Waals surface area contributed by atoms with Gasteiger partial charge < -0.3 is 9.47 Å². The van der Waals surface area contributed by atoms with Crippen LogP contribution in [0.25, 0.3) is 0 Å². The van der Waals surface area contributed by atoms with E-state index in [0.717, 1.165) is 44.6 Å². The zero-order chi connectivity index (χ0) is 17.0. The third-order valence-electron chi connectivity index (χ3n) is 5.29. The molecule has 0 N–H and O–H groups in total. The third kappa shape index (κ3) is 4.24. The smallest absolute Gasteiger partial charge is 0.0892 e. The molecule has 1 spiro atoms. The zero-order valence-corrected chi connectivity index (χ0v) is 14.5. The fraction of sp³-hybridized carbons (Fsp3) is 0.500. The molecule has 0 bridgehead atoms. The number of likely N-dealkylation sites (tertiary alicyclic amines) is 1. The van der Waals surface area contributed by atoms with Crippen LogP contribution in [0.1, 0.15) is 30.5 Å². The van der Waals surface area contributed by atoms with Gasteiger partial charge in [-0.05, 0) is 42.7 Å². The van der Waals surface area contributed by atoms with E-state index in [0.29, 0.717) is 13.2 Å². The van der Waals surface area contributed by atoms with Gasteiger partial charge in [0.15, 0.2) is 0 Å². The molecule has 0 unspecified atom stereocenters. The molecule has 1 atom stereocenters. The van der Waals surface area contributed by atoms with E-state index < -0.39 is 0 Å². The van der Waals surface area contributed by atoms with Crippen LogP contribution in [-0.2, 0) is 22.6 Å². The summed E-state index contributed by atoms with van der Waals surface area (Å²) in [5.74, 6) is 0. The van der Waals surface area contributed by atoms with Crippen molar-refractivity contribution in [2.75, 3.05) is 19.7 Å². The molecule has 0 amide bonds. The van der Waals surface area contributed by atoms with Crippen LogP contribution in [0.3, 0.4) is 0 Å². The van der Waals surface area contributed by atoms with E-state index in [1.165, 1.54) is 5.56 Å². The van der Waals surface area contributed by atoms with Crippen molar-refractivity contribution in [2.45, 2.75) is 44.1 Å². The Labute approximate surface area is 149 Å². The topological polar surface area (TPSA) is 47.5 Å². The molecule has 2 fully saturated rings. The molecule has 0 aliphatic carbocycles. The van der Waals surface area contributed by atoms with Gasteiger partial charge >= 0.3 is 0 Å². The van der Waals surface area contributed by atoms with E-state index in [1.807, 2.05) is 36.8 Å². The number of rotatable bonds is 5. The molecule has 0 aromatic carbocycles. The fourth-order valence-electron chi connectivity index (χ4n) is 3.81. The van der Waals surface area contributed by atoms with Crippen LogP contribution in [0.15, 0.2) is 48.9 Å². The van der Waals surface area contributed by atoms with Crippen molar-refractivity contribution in [3.05, 3.63) is 60.2 Å². The maximum Gasteiger partial charge on any atom is 0.0892 e. The van der Waals surface area contributed by atoms with Gasteiger partial charge in [0.2, 0.25) is 0 Å². The first-order valence-corrected chi connectivity index (χ1v) is 9.08. The summed E-state index contributed by atoms with van der Waals surface area (Å²) in [6, 6.07) is 10.1. The number of aromatic nitrogens is 2. The molecule has 4 rings (SSSR count). The van der Waals surface area contributed by atoms with Gasteiger partial charge in [-0.3, -0.25) is 14.9 Å². The molecular weight excluding hydrogens is 314 g/mol. The lowest BCUT2D eigenvalue weighted by molar-refractivity contribution is -0.0468. The lowest BCUT2D eigenvalue weighted by Gasteiger charge is -2.38.